The maximum absolute atomic E-state index is 12.1. The van der Waals surface area contributed by atoms with Crippen molar-refractivity contribution in [3.63, 3.8) is 0 Å². The average molecular weight is 326 g/mol. The molecule has 1 fully saturated rings. The van der Waals surface area contributed by atoms with Crippen LogP contribution in [0.4, 0.5) is 5.69 Å². The lowest BCUT2D eigenvalue weighted by Crippen LogP contribution is -2.31. The van der Waals surface area contributed by atoms with Crippen molar-refractivity contribution in [2.75, 3.05) is 25.5 Å². The molecule has 1 N–H and O–H groups in total. The molecule has 1 aliphatic rings. The van der Waals surface area contributed by atoms with Crippen LogP contribution >= 0.6 is 0 Å². The standard InChI is InChI=1S/C18H22N4O2/c1-21(2)15-7-5-14(6-8-15)18(24)19-9-10-22-12-20-16(11-17(22)23)13-3-4-13/h5-8,11-13H,3-4,9-10H2,1-2H3,(H,19,24). The van der Waals surface area contributed by atoms with Crippen molar-refractivity contribution >= 4 is 11.6 Å². The van der Waals surface area contributed by atoms with Crippen LogP contribution in [0.5, 0.6) is 0 Å². The Morgan fingerprint density at radius 3 is 2.58 bits per heavy atom. The van der Waals surface area contributed by atoms with Gasteiger partial charge in [-0.3, -0.25) is 14.2 Å². The smallest absolute Gasteiger partial charge is 0.253 e. The van der Waals surface area contributed by atoms with Gasteiger partial charge in [0.05, 0.1) is 12.0 Å². The highest BCUT2D eigenvalue weighted by Gasteiger charge is 2.25. The van der Waals surface area contributed by atoms with E-state index in [2.05, 4.69) is 10.3 Å². The highest BCUT2D eigenvalue weighted by Crippen LogP contribution is 2.38. The van der Waals surface area contributed by atoms with Gasteiger partial charge >= 0.3 is 0 Å². The van der Waals surface area contributed by atoms with E-state index in [9.17, 15) is 9.59 Å². The average Bonchev–Trinajstić information content (AvgIpc) is 3.41. The van der Waals surface area contributed by atoms with Crippen LogP contribution in [-0.4, -0.2) is 36.1 Å². The molecule has 0 saturated heterocycles. The second-order valence-corrected chi connectivity index (χ2v) is 6.32. The molecule has 0 bridgehead atoms. The number of carbonyl (C=O) groups is 1. The van der Waals surface area contributed by atoms with Gasteiger partial charge in [0.25, 0.3) is 11.5 Å². The highest BCUT2D eigenvalue weighted by atomic mass is 16.1. The molecule has 0 unspecified atom stereocenters. The monoisotopic (exact) mass is 326 g/mol. The zero-order chi connectivity index (χ0) is 17.1. The predicted molar refractivity (Wildman–Crippen MR) is 93.6 cm³/mol. The van der Waals surface area contributed by atoms with Crippen molar-refractivity contribution in [3.05, 3.63) is 58.3 Å². The number of aromatic nitrogens is 2. The number of hydrogen-bond acceptors (Lipinski definition) is 4. The van der Waals surface area contributed by atoms with Crippen LogP contribution in [0.25, 0.3) is 0 Å². The van der Waals surface area contributed by atoms with E-state index < -0.39 is 0 Å². The maximum atomic E-state index is 12.1. The zero-order valence-electron chi connectivity index (χ0n) is 14.0. The molecule has 126 valence electrons. The van der Waals surface area contributed by atoms with Gasteiger partial charge in [0.15, 0.2) is 0 Å². The first-order valence-corrected chi connectivity index (χ1v) is 8.16. The quantitative estimate of drug-likeness (QED) is 0.876. The lowest BCUT2D eigenvalue weighted by molar-refractivity contribution is 0.0952. The fourth-order valence-corrected chi connectivity index (χ4v) is 2.51. The van der Waals surface area contributed by atoms with Crippen molar-refractivity contribution in [1.29, 1.82) is 0 Å². The van der Waals surface area contributed by atoms with Crippen LogP contribution in [-0.2, 0) is 6.54 Å². The number of nitrogens with one attached hydrogen (secondary N) is 1. The molecule has 0 radical (unpaired) electrons. The van der Waals surface area contributed by atoms with E-state index in [4.69, 9.17) is 0 Å². The molecule has 1 aromatic carbocycles. The summed E-state index contributed by atoms with van der Waals surface area (Å²) in [4.78, 5) is 30.5. The topological polar surface area (TPSA) is 67.2 Å². The van der Waals surface area contributed by atoms with Gasteiger partial charge in [-0.15, -0.1) is 0 Å². The minimum absolute atomic E-state index is 0.0588. The Labute approximate surface area is 141 Å². The fourth-order valence-electron chi connectivity index (χ4n) is 2.51. The zero-order valence-corrected chi connectivity index (χ0v) is 14.0. The Morgan fingerprint density at radius 2 is 2.00 bits per heavy atom. The molecule has 24 heavy (non-hydrogen) atoms. The molecule has 6 heteroatoms. The van der Waals surface area contributed by atoms with E-state index in [0.717, 1.165) is 24.2 Å². The van der Waals surface area contributed by atoms with E-state index >= 15 is 0 Å². The highest BCUT2D eigenvalue weighted by molar-refractivity contribution is 5.94. The van der Waals surface area contributed by atoms with Gasteiger partial charge < -0.3 is 10.2 Å². The van der Waals surface area contributed by atoms with Crippen LogP contribution in [0, 0.1) is 0 Å². The van der Waals surface area contributed by atoms with Crippen molar-refractivity contribution in [2.24, 2.45) is 0 Å². The summed E-state index contributed by atoms with van der Waals surface area (Å²) in [6.45, 7) is 0.803. The Hall–Kier alpha value is -2.63. The maximum Gasteiger partial charge on any atom is 0.253 e. The Balaban J connectivity index is 1.54. The van der Waals surface area contributed by atoms with Gasteiger partial charge in [0.2, 0.25) is 0 Å². The number of nitrogens with zero attached hydrogens (tertiary/aromatic N) is 3. The minimum Gasteiger partial charge on any atom is -0.378 e. The van der Waals surface area contributed by atoms with Crippen molar-refractivity contribution in [1.82, 2.24) is 14.9 Å². The molecular formula is C18H22N4O2. The minimum atomic E-state index is -0.143. The molecule has 3 rings (SSSR count). The van der Waals surface area contributed by atoms with Gasteiger partial charge in [-0.1, -0.05) is 0 Å². The fraction of sp³-hybridized carbons (Fsp3) is 0.389. The van der Waals surface area contributed by atoms with Gasteiger partial charge in [-0.2, -0.15) is 0 Å². The Bertz CT molecular complexity index is 776. The molecule has 2 aromatic rings. The summed E-state index contributed by atoms with van der Waals surface area (Å²) in [7, 11) is 3.91. The van der Waals surface area contributed by atoms with Gasteiger partial charge in [0, 0.05) is 50.4 Å². The van der Waals surface area contributed by atoms with Crippen molar-refractivity contribution in [3.8, 4) is 0 Å². The van der Waals surface area contributed by atoms with Gasteiger partial charge in [-0.25, -0.2) is 4.98 Å². The normalized spacial score (nSPS) is 13.6. The third-order valence-electron chi connectivity index (χ3n) is 4.18. The molecular weight excluding hydrogens is 304 g/mol. The van der Waals surface area contributed by atoms with E-state index in [1.807, 2.05) is 31.1 Å². The van der Waals surface area contributed by atoms with Crippen LogP contribution in [0.1, 0.15) is 34.8 Å². The third kappa shape index (κ3) is 3.82. The second kappa shape index (κ2) is 6.86. The molecule has 1 saturated carbocycles. The van der Waals surface area contributed by atoms with Crippen LogP contribution in [0.2, 0.25) is 0 Å². The number of benzene rings is 1. The number of rotatable bonds is 6. The van der Waals surface area contributed by atoms with Gasteiger partial charge in [0.1, 0.15) is 0 Å². The summed E-state index contributed by atoms with van der Waals surface area (Å²) in [5, 5.41) is 2.83. The first kappa shape index (κ1) is 16.2. The molecule has 0 spiro atoms. The summed E-state index contributed by atoms with van der Waals surface area (Å²) in [5.41, 5.74) is 2.48. The van der Waals surface area contributed by atoms with Gasteiger partial charge in [-0.05, 0) is 37.1 Å². The van der Waals surface area contributed by atoms with E-state index in [1.165, 1.54) is 4.57 Å². The van der Waals surface area contributed by atoms with Crippen molar-refractivity contribution in [2.45, 2.75) is 25.3 Å². The summed E-state index contributed by atoms with van der Waals surface area (Å²) in [6.07, 6.45) is 3.83. The van der Waals surface area contributed by atoms with Crippen LogP contribution in [0.15, 0.2) is 41.5 Å². The SMILES string of the molecule is CN(C)c1ccc(C(=O)NCCn2cnc(C3CC3)cc2=O)cc1. The van der Waals surface area contributed by atoms with E-state index in [0.29, 0.717) is 24.6 Å². The lowest BCUT2D eigenvalue weighted by atomic mass is 10.2. The molecule has 6 nitrogen and oxygen atoms in total. The van der Waals surface area contributed by atoms with Crippen LogP contribution in [0.3, 0.4) is 0 Å². The molecule has 1 aromatic heterocycles. The molecule has 0 aliphatic heterocycles. The summed E-state index contributed by atoms with van der Waals surface area (Å²) in [6, 6.07) is 9.00. The summed E-state index contributed by atoms with van der Waals surface area (Å²) >= 11 is 0. The van der Waals surface area contributed by atoms with E-state index in [-0.39, 0.29) is 11.5 Å². The van der Waals surface area contributed by atoms with Crippen molar-refractivity contribution < 1.29 is 4.79 Å². The number of carbonyl (C=O) groups excluding carboxylic acids is 1. The lowest BCUT2D eigenvalue weighted by Gasteiger charge is -2.12. The van der Waals surface area contributed by atoms with E-state index in [1.54, 1.807) is 24.5 Å². The molecule has 1 aliphatic carbocycles. The Kier molecular flexibility index (Phi) is 4.64. The number of amides is 1. The first-order valence-electron chi connectivity index (χ1n) is 8.16. The number of hydrogen-bond donors (Lipinski definition) is 1. The predicted octanol–water partition coefficient (Wildman–Crippen LogP) is 1.62. The molecule has 1 heterocycles. The largest absolute Gasteiger partial charge is 0.378 e. The number of anilines is 1. The third-order valence-corrected chi connectivity index (χ3v) is 4.18. The first-order chi connectivity index (χ1) is 11.5. The summed E-state index contributed by atoms with van der Waals surface area (Å²) < 4.78 is 1.53. The summed E-state index contributed by atoms with van der Waals surface area (Å²) in [5.74, 6) is 0.327. The Morgan fingerprint density at radius 1 is 1.29 bits per heavy atom. The molecule has 1 amide bonds. The second-order valence-electron chi connectivity index (χ2n) is 6.32. The molecule has 0 atom stereocenters. The van der Waals surface area contributed by atoms with Crippen LogP contribution < -0.4 is 15.8 Å².